The second-order valence-electron chi connectivity index (χ2n) is 12.3. The Hall–Kier alpha value is -3.93. The fourth-order valence-corrected chi connectivity index (χ4v) is 6.37. The van der Waals surface area contributed by atoms with Gasteiger partial charge < -0.3 is 10.1 Å². The number of amides is 2. The molecule has 8 nitrogen and oxygen atoms in total. The minimum absolute atomic E-state index is 0.00913. The number of carbonyl (C=O) groups is 2. The van der Waals surface area contributed by atoms with Crippen LogP contribution in [0.25, 0.3) is 22.0 Å². The van der Waals surface area contributed by atoms with Crippen molar-refractivity contribution in [2.75, 3.05) is 0 Å². The van der Waals surface area contributed by atoms with Gasteiger partial charge in [0.05, 0.1) is 17.8 Å². The summed E-state index contributed by atoms with van der Waals surface area (Å²) in [5, 5.41) is 17.9. The Morgan fingerprint density at radius 3 is 2.55 bits per heavy atom. The van der Waals surface area contributed by atoms with Crippen LogP contribution in [0.1, 0.15) is 46.6 Å². The molecule has 1 aromatic heterocycles. The molecule has 1 aliphatic heterocycles. The van der Waals surface area contributed by atoms with Crippen LogP contribution in [-0.2, 0) is 23.0 Å². The number of halogens is 1. The molecule has 1 N–H and O–H groups in total. The molecule has 1 saturated carbocycles. The Balaban J connectivity index is 1.31. The van der Waals surface area contributed by atoms with Crippen molar-refractivity contribution >= 4 is 22.9 Å². The second-order valence-corrected chi connectivity index (χ2v) is 12.3. The molecular weight excluding hydrogens is 509 g/mol. The van der Waals surface area contributed by atoms with Crippen LogP contribution in [0.15, 0.2) is 42.6 Å². The van der Waals surface area contributed by atoms with E-state index in [4.69, 9.17) is 4.74 Å². The first-order valence-electron chi connectivity index (χ1n) is 13.8. The molecule has 1 saturated heterocycles. The molecule has 2 aromatic carbocycles. The summed E-state index contributed by atoms with van der Waals surface area (Å²) in [7, 11) is 1.87. The minimum atomic E-state index is -0.952. The summed E-state index contributed by atoms with van der Waals surface area (Å²) in [6.07, 6.45) is 1.98. The number of likely N-dealkylation sites (tertiary alicyclic amines) is 1. The van der Waals surface area contributed by atoms with Crippen molar-refractivity contribution in [3.05, 3.63) is 54.0 Å². The normalized spacial score (nSPS) is 24.6. The van der Waals surface area contributed by atoms with Crippen LogP contribution < -0.4 is 5.32 Å². The number of piperidine rings is 1. The average Bonchev–Trinajstić information content (AvgIpc) is 3.55. The van der Waals surface area contributed by atoms with Gasteiger partial charge in [0.25, 0.3) is 0 Å². The van der Waals surface area contributed by atoms with Crippen molar-refractivity contribution in [3.63, 3.8) is 0 Å². The number of hydrogen-bond donors (Lipinski definition) is 1. The standard InChI is InChI=1S/C31H36FN5O3/c1-17-18(2)27-14-24(17)28(37(27)30(39)40-31(3,4)5)29(38)35-23(15-33)12-21-8-7-20(13-25(21)32)19-9-10-26-22(11-19)16-34-36(26)6/h7-11,13,16-18,23-24,27-28H,12,14H2,1-6H3,(H,35,38)/t17-,18+,23+,24+,27+,28+/m1/s1. The number of aromatic nitrogens is 2. The minimum Gasteiger partial charge on any atom is -0.444 e. The summed E-state index contributed by atoms with van der Waals surface area (Å²) >= 11 is 0. The Labute approximate surface area is 234 Å². The second kappa shape index (κ2) is 10.2. The van der Waals surface area contributed by atoms with Gasteiger partial charge in [-0.05, 0) is 79.8 Å². The van der Waals surface area contributed by atoms with E-state index < -0.39 is 35.5 Å². The van der Waals surface area contributed by atoms with Crippen molar-refractivity contribution in [1.82, 2.24) is 20.0 Å². The van der Waals surface area contributed by atoms with Gasteiger partial charge in [-0.2, -0.15) is 10.4 Å². The van der Waals surface area contributed by atoms with E-state index in [1.54, 1.807) is 42.6 Å². The van der Waals surface area contributed by atoms with Crippen LogP contribution >= 0.6 is 0 Å². The molecule has 0 unspecified atom stereocenters. The molecular formula is C31H36FN5O3. The van der Waals surface area contributed by atoms with Gasteiger partial charge in [-0.3, -0.25) is 14.4 Å². The molecule has 2 heterocycles. The maximum absolute atomic E-state index is 15.2. The summed E-state index contributed by atoms with van der Waals surface area (Å²) < 4.78 is 22.6. The highest BCUT2D eigenvalue weighted by Crippen LogP contribution is 2.50. The van der Waals surface area contributed by atoms with E-state index in [1.807, 2.05) is 31.3 Å². The van der Waals surface area contributed by atoms with Gasteiger partial charge in [0.15, 0.2) is 0 Å². The molecule has 2 aliphatic rings. The lowest BCUT2D eigenvalue weighted by Gasteiger charge is -2.41. The molecule has 2 bridgehead atoms. The van der Waals surface area contributed by atoms with Gasteiger partial charge in [0.1, 0.15) is 23.5 Å². The smallest absolute Gasteiger partial charge is 0.411 e. The number of nitriles is 1. The predicted octanol–water partition coefficient (Wildman–Crippen LogP) is 5.21. The zero-order chi connectivity index (χ0) is 28.9. The number of rotatable bonds is 5. The largest absolute Gasteiger partial charge is 0.444 e. The van der Waals surface area contributed by atoms with Crippen LogP contribution in [0, 0.1) is 34.9 Å². The fraction of sp³-hybridized carbons (Fsp3) is 0.484. The van der Waals surface area contributed by atoms with Crippen LogP contribution in [0.2, 0.25) is 0 Å². The third-order valence-corrected chi connectivity index (χ3v) is 8.59. The van der Waals surface area contributed by atoms with Gasteiger partial charge in [-0.1, -0.05) is 32.0 Å². The van der Waals surface area contributed by atoms with Gasteiger partial charge in [0, 0.05) is 24.9 Å². The third kappa shape index (κ3) is 5.03. The van der Waals surface area contributed by atoms with Crippen molar-refractivity contribution < 1.29 is 18.7 Å². The van der Waals surface area contributed by atoms with E-state index in [0.717, 1.165) is 22.9 Å². The average molecular weight is 546 g/mol. The van der Waals surface area contributed by atoms with Gasteiger partial charge >= 0.3 is 6.09 Å². The molecule has 0 spiro atoms. The van der Waals surface area contributed by atoms with E-state index in [9.17, 15) is 14.9 Å². The predicted molar refractivity (Wildman–Crippen MR) is 149 cm³/mol. The molecule has 3 aromatic rings. The number of nitrogens with one attached hydrogen (secondary N) is 1. The van der Waals surface area contributed by atoms with Crippen LogP contribution in [0.5, 0.6) is 0 Å². The molecule has 6 atom stereocenters. The van der Waals surface area contributed by atoms with E-state index in [0.29, 0.717) is 11.1 Å². The SMILES string of the molecule is C[C@@H]1[C@H](C)[C@@H]2C[C@@H]1[C@@H](C(=O)N[C@H](C#N)Cc1ccc(-c3ccc4c(cnn4C)c3)cc1F)N2C(=O)OC(C)(C)C. The van der Waals surface area contributed by atoms with Crippen molar-refractivity contribution in [2.24, 2.45) is 24.8 Å². The van der Waals surface area contributed by atoms with Crippen LogP contribution in [0.3, 0.4) is 0 Å². The van der Waals surface area contributed by atoms with E-state index in [2.05, 4.69) is 30.3 Å². The van der Waals surface area contributed by atoms with E-state index >= 15 is 4.39 Å². The topological polar surface area (TPSA) is 100 Å². The number of aryl methyl sites for hydroxylation is 1. The number of ether oxygens (including phenoxy) is 1. The highest BCUT2D eigenvalue weighted by atomic mass is 19.1. The van der Waals surface area contributed by atoms with E-state index in [1.165, 1.54) is 6.07 Å². The Morgan fingerprint density at radius 2 is 1.88 bits per heavy atom. The molecule has 40 heavy (non-hydrogen) atoms. The number of carbonyl (C=O) groups excluding carboxylic acids is 2. The molecule has 0 radical (unpaired) electrons. The zero-order valence-electron chi connectivity index (χ0n) is 23.8. The van der Waals surface area contributed by atoms with Crippen molar-refractivity contribution in [1.29, 1.82) is 5.26 Å². The monoisotopic (exact) mass is 545 g/mol. The van der Waals surface area contributed by atoms with Crippen LogP contribution in [0.4, 0.5) is 9.18 Å². The first kappa shape index (κ1) is 27.6. The van der Waals surface area contributed by atoms with Crippen LogP contribution in [-0.4, -0.2) is 50.4 Å². The van der Waals surface area contributed by atoms with Gasteiger partial charge in [0.2, 0.25) is 5.91 Å². The molecule has 2 amide bonds. The number of nitrogens with zero attached hydrogens (tertiary/aromatic N) is 4. The Bertz CT molecular complexity index is 1500. The maximum atomic E-state index is 15.2. The molecule has 1 aliphatic carbocycles. The number of fused-ring (bicyclic) bond motifs is 3. The first-order chi connectivity index (χ1) is 18.9. The van der Waals surface area contributed by atoms with Gasteiger partial charge in [-0.25, -0.2) is 9.18 Å². The highest BCUT2D eigenvalue weighted by molar-refractivity contribution is 5.88. The lowest BCUT2D eigenvalue weighted by atomic mass is 9.83. The Morgan fingerprint density at radius 1 is 1.18 bits per heavy atom. The van der Waals surface area contributed by atoms with Gasteiger partial charge in [-0.15, -0.1) is 0 Å². The zero-order valence-corrected chi connectivity index (χ0v) is 23.8. The molecule has 210 valence electrons. The quantitative estimate of drug-likeness (QED) is 0.474. The Kier molecular flexibility index (Phi) is 7.07. The number of benzene rings is 2. The lowest BCUT2D eigenvalue weighted by Crippen LogP contribution is -2.58. The number of hydrogen-bond acceptors (Lipinski definition) is 5. The summed E-state index contributed by atoms with van der Waals surface area (Å²) in [5.41, 5.74) is 2.19. The lowest BCUT2D eigenvalue weighted by molar-refractivity contribution is -0.130. The summed E-state index contributed by atoms with van der Waals surface area (Å²) in [4.78, 5) is 28.3. The molecule has 2 fully saturated rings. The fourth-order valence-electron chi connectivity index (χ4n) is 6.37. The molecule has 5 rings (SSSR count). The van der Waals surface area contributed by atoms with Crippen molar-refractivity contribution in [2.45, 2.75) is 71.2 Å². The summed E-state index contributed by atoms with van der Waals surface area (Å²) in [5.74, 6) is -0.391. The van der Waals surface area contributed by atoms with E-state index in [-0.39, 0.29) is 30.2 Å². The first-order valence-corrected chi connectivity index (χ1v) is 13.8. The summed E-state index contributed by atoms with van der Waals surface area (Å²) in [6.45, 7) is 9.59. The van der Waals surface area contributed by atoms with Crippen molar-refractivity contribution in [3.8, 4) is 17.2 Å². The maximum Gasteiger partial charge on any atom is 0.411 e. The summed E-state index contributed by atoms with van der Waals surface area (Å²) in [6, 6.07) is 11.1. The highest BCUT2D eigenvalue weighted by Gasteiger charge is 2.58. The third-order valence-electron chi connectivity index (χ3n) is 8.59. The molecule has 9 heteroatoms.